The van der Waals surface area contributed by atoms with Gasteiger partial charge in [0.15, 0.2) is 0 Å². The fourth-order valence-electron chi connectivity index (χ4n) is 2.40. The number of hydrogen-bond acceptors (Lipinski definition) is 2. The third-order valence-corrected chi connectivity index (χ3v) is 3.07. The zero-order valence-corrected chi connectivity index (χ0v) is 14.4. The molecule has 0 saturated heterocycles. The molecule has 0 fully saturated rings. The van der Waals surface area contributed by atoms with Gasteiger partial charge < -0.3 is 19.8 Å². The molecular weight excluding hydrogens is 291 g/mol. The summed E-state index contributed by atoms with van der Waals surface area (Å²) in [5, 5.41) is 10.0. The molecule has 4 N–H and O–H groups in total. The predicted octanol–water partition coefficient (Wildman–Crippen LogP) is 3.83. The van der Waals surface area contributed by atoms with Crippen molar-refractivity contribution in [2.75, 3.05) is 0 Å². The normalized spacial score (nSPS) is 11.8. The smallest absolute Gasteiger partial charge is 0.466 e. The standard InChI is InChI=1S/C15H24O.H3O4P/c1-9(2)12-7-8-13(16)15(11(5)6)14(12)10(3)4;1-5(2,3)4/h7-11,16H,1-6H3;(H3,1,2,3,4). The maximum atomic E-state index is 10.0. The van der Waals surface area contributed by atoms with Gasteiger partial charge in [-0.3, -0.25) is 0 Å². The average molecular weight is 318 g/mol. The van der Waals surface area contributed by atoms with Gasteiger partial charge in [0, 0.05) is 5.56 Å². The van der Waals surface area contributed by atoms with Gasteiger partial charge in [0.2, 0.25) is 0 Å². The first kappa shape index (κ1) is 20.1. The summed E-state index contributed by atoms with van der Waals surface area (Å²) >= 11 is 0. The first-order valence-corrected chi connectivity index (χ1v) is 8.56. The molecule has 0 atom stereocenters. The molecule has 1 aromatic carbocycles. The van der Waals surface area contributed by atoms with Gasteiger partial charge in [0.05, 0.1) is 0 Å². The molecule has 0 aliphatic rings. The maximum Gasteiger partial charge on any atom is 0.466 e. The van der Waals surface area contributed by atoms with E-state index in [1.54, 1.807) is 0 Å². The highest BCUT2D eigenvalue weighted by atomic mass is 31.2. The minimum Gasteiger partial charge on any atom is -0.508 e. The van der Waals surface area contributed by atoms with E-state index in [4.69, 9.17) is 19.2 Å². The van der Waals surface area contributed by atoms with E-state index in [2.05, 4.69) is 47.6 Å². The average Bonchev–Trinajstić information content (AvgIpc) is 2.24. The second-order valence-corrected chi connectivity index (χ2v) is 7.01. The van der Waals surface area contributed by atoms with E-state index in [1.165, 1.54) is 11.1 Å². The Balaban J connectivity index is 0.000000690. The summed E-state index contributed by atoms with van der Waals surface area (Å²) in [5.41, 5.74) is 3.84. The number of phosphoric acid groups is 1. The van der Waals surface area contributed by atoms with Crippen molar-refractivity contribution >= 4 is 7.82 Å². The van der Waals surface area contributed by atoms with Crippen LogP contribution in [-0.4, -0.2) is 19.8 Å². The number of hydrogen-bond donors (Lipinski definition) is 4. The molecule has 0 unspecified atom stereocenters. The lowest BCUT2D eigenvalue weighted by atomic mass is 9.83. The van der Waals surface area contributed by atoms with E-state index in [0.717, 1.165) is 5.56 Å². The van der Waals surface area contributed by atoms with Gasteiger partial charge in [0.25, 0.3) is 0 Å². The first-order valence-electron chi connectivity index (χ1n) is 7.00. The van der Waals surface area contributed by atoms with Gasteiger partial charge in [-0.2, -0.15) is 0 Å². The van der Waals surface area contributed by atoms with Crippen LogP contribution >= 0.6 is 7.82 Å². The van der Waals surface area contributed by atoms with Crippen LogP contribution in [0.2, 0.25) is 0 Å². The summed E-state index contributed by atoms with van der Waals surface area (Å²) in [5.74, 6) is 1.79. The minimum absolute atomic E-state index is 0.371. The predicted molar refractivity (Wildman–Crippen MR) is 84.6 cm³/mol. The van der Waals surface area contributed by atoms with Crippen molar-refractivity contribution in [3.05, 3.63) is 28.8 Å². The Morgan fingerprint density at radius 3 is 1.48 bits per heavy atom. The van der Waals surface area contributed by atoms with Crippen LogP contribution in [0.4, 0.5) is 0 Å². The van der Waals surface area contributed by atoms with Crippen LogP contribution in [0, 0.1) is 0 Å². The molecule has 21 heavy (non-hydrogen) atoms. The minimum atomic E-state index is -4.64. The molecule has 0 radical (unpaired) electrons. The molecule has 1 aromatic rings. The second kappa shape index (κ2) is 7.95. The number of benzene rings is 1. The molecule has 1 rings (SSSR count). The van der Waals surface area contributed by atoms with E-state index in [1.807, 2.05) is 6.07 Å². The number of phenolic OH excluding ortho intramolecular Hbond substituents is 1. The number of aromatic hydroxyl groups is 1. The third-order valence-electron chi connectivity index (χ3n) is 3.07. The van der Waals surface area contributed by atoms with Crippen molar-refractivity contribution in [2.24, 2.45) is 0 Å². The van der Waals surface area contributed by atoms with E-state index >= 15 is 0 Å². The van der Waals surface area contributed by atoms with E-state index in [-0.39, 0.29) is 0 Å². The van der Waals surface area contributed by atoms with Crippen molar-refractivity contribution in [2.45, 2.75) is 59.3 Å². The molecule has 0 bridgehead atoms. The lowest BCUT2D eigenvalue weighted by Crippen LogP contribution is -2.05. The van der Waals surface area contributed by atoms with Crippen LogP contribution in [0.25, 0.3) is 0 Å². The largest absolute Gasteiger partial charge is 0.508 e. The highest BCUT2D eigenvalue weighted by molar-refractivity contribution is 7.45. The van der Waals surface area contributed by atoms with Crippen molar-refractivity contribution in [1.82, 2.24) is 0 Å². The van der Waals surface area contributed by atoms with E-state index < -0.39 is 7.82 Å². The lowest BCUT2D eigenvalue weighted by molar-refractivity contribution is 0.275. The van der Waals surface area contributed by atoms with Gasteiger partial charge in [-0.15, -0.1) is 0 Å². The van der Waals surface area contributed by atoms with Crippen LogP contribution in [0.15, 0.2) is 12.1 Å². The zero-order valence-electron chi connectivity index (χ0n) is 13.5. The Bertz CT molecular complexity index is 495. The van der Waals surface area contributed by atoms with E-state index in [9.17, 15) is 5.11 Å². The maximum absolute atomic E-state index is 10.0. The van der Waals surface area contributed by atoms with Gasteiger partial charge in [0.1, 0.15) is 5.75 Å². The Morgan fingerprint density at radius 2 is 1.19 bits per heavy atom. The van der Waals surface area contributed by atoms with E-state index in [0.29, 0.717) is 23.5 Å². The molecule has 0 spiro atoms. The van der Waals surface area contributed by atoms with Gasteiger partial charge in [-0.25, -0.2) is 4.57 Å². The summed E-state index contributed by atoms with van der Waals surface area (Å²) in [7, 11) is -4.64. The van der Waals surface area contributed by atoms with Gasteiger partial charge >= 0.3 is 7.82 Å². The summed E-state index contributed by atoms with van der Waals surface area (Å²) in [4.78, 5) is 21.6. The number of phenols is 1. The molecular formula is C15H27O5P. The molecule has 0 amide bonds. The molecule has 6 heteroatoms. The summed E-state index contributed by atoms with van der Waals surface area (Å²) in [6.45, 7) is 13.1. The fourth-order valence-corrected chi connectivity index (χ4v) is 2.40. The molecule has 0 aliphatic heterocycles. The van der Waals surface area contributed by atoms with Gasteiger partial charge in [-0.05, 0) is 34.9 Å². The summed E-state index contributed by atoms with van der Waals surface area (Å²) in [6, 6.07) is 3.91. The third kappa shape index (κ3) is 7.09. The lowest BCUT2D eigenvalue weighted by Gasteiger charge is -2.23. The number of rotatable bonds is 3. The van der Waals surface area contributed by atoms with Crippen molar-refractivity contribution in [1.29, 1.82) is 0 Å². The summed E-state index contributed by atoms with van der Waals surface area (Å²) < 4.78 is 8.88. The Morgan fingerprint density at radius 1 is 0.810 bits per heavy atom. The first-order chi connectivity index (χ1) is 9.36. The molecule has 0 aromatic heterocycles. The van der Waals surface area contributed by atoms with Crippen molar-refractivity contribution in [3.8, 4) is 5.75 Å². The molecule has 0 heterocycles. The van der Waals surface area contributed by atoms with Crippen LogP contribution < -0.4 is 0 Å². The van der Waals surface area contributed by atoms with Crippen LogP contribution in [-0.2, 0) is 4.57 Å². The topological polar surface area (TPSA) is 98.0 Å². The Labute approximate surface area is 126 Å². The highest BCUT2D eigenvalue weighted by Crippen LogP contribution is 2.38. The Hall–Kier alpha value is -0.870. The molecule has 5 nitrogen and oxygen atoms in total. The Kier molecular flexibility index (Phi) is 7.62. The quantitative estimate of drug-likeness (QED) is 0.635. The summed E-state index contributed by atoms with van der Waals surface area (Å²) in [6.07, 6.45) is 0. The highest BCUT2D eigenvalue weighted by Gasteiger charge is 2.19. The fraction of sp³-hybridized carbons (Fsp3) is 0.600. The SMILES string of the molecule is CC(C)c1ccc(O)c(C(C)C)c1C(C)C.O=P(O)(O)O. The zero-order chi connectivity index (χ0) is 17.0. The van der Waals surface area contributed by atoms with Crippen LogP contribution in [0.1, 0.15) is 76.0 Å². The van der Waals surface area contributed by atoms with Crippen LogP contribution in [0.3, 0.4) is 0 Å². The van der Waals surface area contributed by atoms with Crippen LogP contribution in [0.5, 0.6) is 5.75 Å². The van der Waals surface area contributed by atoms with Crippen molar-refractivity contribution in [3.63, 3.8) is 0 Å². The second-order valence-electron chi connectivity index (χ2n) is 5.98. The van der Waals surface area contributed by atoms with Gasteiger partial charge in [-0.1, -0.05) is 47.6 Å². The molecule has 0 aliphatic carbocycles. The monoisotopic (exact) mass is 318 g/mol. The molecule has 122 valence electrons. The molecule has 0 saturated carbocycles. The van der Waals surface area contributed by atoms with Crippen molar-refractivity contribution < 1.29 is 24.4 Å².